The van der Waals surface area contributed by atoms with Gasteiger partial charge in [-0.3, -0.25) is 4.79 Å². The summed E-state index contributed by atoms with van der Waals surface area (Å²) in [5.74, 6) is 0.162. The van der Waals surface area contributed by atoms with Gasteiger partial charge in [0, 0.05) is 13.0 Å². The van der Waals surface area contributed by atoms with Gasteiger partial charge in [0.2, 0.25) is 5.91 Å². The van der Waals surface area contributed by atoms with E-state index in [0.29, 0.717) is 6.42 Å². The predicted molar refractivity (Wildman–Crippen MR) is 40.7 cm³/mol. The second-order valence-electron chi connectivity index (χ2n) is 1.70. The van der Waals surface area contributed by atoms with Crippen LogP contribution in [-0.4, -0.2) is 31.3 Å². The van der Waals surface area contributed by atoms with Crippen molar-refractivity contribution < 1.29 is 4.79 Å². The van der Waals surface area contributed by atoms with Gasteiger partial charge in [-0.2, -0.15) is 0 Å². The Hall–Kier alpha value is 0.0674. The van der Waals surface area contributed by atoms with Crippen LogP contribution >= 0.6 is 0 Å². The van der Waals surface area contributed by atoms with E-state index in [0.717, 1.165) is 13.0 Å². The molecule has 50 valence electrons. The quantitative estimate of drug-likeness (QED) is 0.536. The van der Waals surface area contributed by atoms with Crippen LogP contribution in [0.15, 0.2) is 0 Å². The Morgan fingerprint density at radius 1 is 1.44 bits per heavy atom. The van der Waals surface area contributed by atoms with Gasteiger partial charge in [-0.05, 0) is 13.3 Å². The molecule has 0 atom stereocenters. The summed E-state index contributed by atoms with van der Waals surface area (Å²) in [5.41, 5.74) is 0. The molecule has 9 heavy (non-hydrogen) atoms. The van der Waals surface area contributed by atoms with Crippen molar-refractivity contribution in [2.24, 2.45) is 0 Å². The normalized spacial score (nSPS) is 7.78. The van der Waals surface area contributed by atoms with Crippen LogP contribution in [0.4, 0.5) is 0 Å². The molecule has 0 heterocycles. The van der Waals surface area contributed by atoms with Crippen molar-refractivity contribution in [1.82, 2.24) is 5.32 Å². The van der Waals surface area contributed by atoms with Crippen molar-refractivity contribution in [2.45, 2.75) is 26.7 Å². The molecular weight excluding hydrogens is 109 g/mol. The number of amides is 1. The Labute approximate surface area is 68.6 Å². The van der Waals surface area contributed by atoms with Gasteiger partial charge in [0.25, 0.3) is 0 Å². The summed E-state index contributed by atoms with van der Waals surface area (Å²) < 4.78 is 0. The van der Waals surface area contributed by atoms with Gasteiger partial charge in [-0.1, -0.05) is 6.92 Å². The second kappa shape index (κ2) is 8.07. The van der Waals surface area contributed by atoms with Gasteiger partial charge < -0.3 is 5.32 Å². The molecule has 0 aliphatic heterocycles. The number of carbonyl (C=O) groups is 1. The van der Waals surface area contributed by atoms with Crippen molar-refractivity contribution in [2.75, 3.05) is 6.54 Å². The summed E-state index contributed by atoms with van der Waals surface area (Å²) in [7, 11) is 0. The van der Waals surface area contributed by atoms with Crippen LogP contribution in [0.5, 0.6) is 0 Å². The number of rotatable bonds is 3. The van der Waals surface area contributed by atoms with Gasteiger partial charge >= 0.3 is 18.9 Å². The molecule has 0 aliphatic rings. The van der Waals surface area contributed by atoms with E-state index in [2.05, 4.69) is 5.32 Å². The fraction of sp³-hybridized carbons (Fsp3) is 0.833. The van der Waals surface area contributed by atoms with E-state index in [1.54, 1.807) is 0 Å². The van der Waals surface area contributed by atoms with E-state index in [9.17, 15) is 4.79 Å². The predicted octanol–water partition coefficient (Wildman–Crippen LogP) is 0.274. The molecule has 0 aliphatic carbocycles. The molecule has 1 amide bonds. The summed E-state index contributed by atoms with van der Waals surface area (Å²) in [4.78, 5) is 10.5. The average molecular weight is 123 g/mol. The average Bonchev–Trinajstić information content (AvgIpc) is 1.68. The van der Waals surface area contributed by atoms with Crippen molar-refractivity contribution in [3.8, 4) is 0 Å². The van der Waals surface area contributed by atoms with Crippen LogP contribution in [0, 0.1) is 0 Å². The Balaban J connectivity index is 0. The van der Waals surface area contributed by atoms with Crippen molar-refractivity contribution >= 4 is 24.8 Å². The van der Waals surface area contributed by atoms with E-state index in [1.165, 1.54) is 0 Å². The minimum absolute atomic E-state index is 0. The molecule has 0 aromatic carbocycles. The fourth-order valence-electron chi connectivity index (χ4n) is 0.513. The topological polar surface area (TPSA) is 29.1 Å². The molecule has 0 aromatic heterocycles. The van der Waals surface area contributed by atoms with E-state index in [1.807, 2.05) is 13.8 Å². The first-order valence-corrected chi connectivity index (χ1v) is 3.08. The maximum atomic E-state index is 10.5. The fourth-order valence-corrected chi connectivity index (χ4v) is 0.513. The maximum absolute atomic E-state index is 10.5. The standard InChI is InChI=1S/C6H13NO.Li.H/c1-3-5-6(8)7-4-2;;/h3-5H2,1-2H3,(H,7,8);;. The Bertz CT molecular complexity index is 67.5. The van der Waals surface area contributed by atoms with Gasteiger partial charge in [-0.25, -0.2) is 0 Å². The second-order valence-corrected chi connectivity index (χ2v) is 1.70. The van der Waals surface area contributed by atoms with E-state index < -0.39 is 0 Å². The van der Waals surface area contributed by atoms with Crippen LogP contribution in [0.3, 0.4) is 0 Å². The molecule has 0 fully saturated rings. The first kappa shape index (κ1) is 11.8. The van der Waals surface area contributed by atoms with Gasteiger partial charge in [-0.15, -0.1) is 0 Å². The molecule has 0 saturated heterocycles. The zero-order valence-electron chi connectivity index (χ0n) is 5.53. The van der Waals surface area contributed by atoms with Crippen LogP contribution in [0.25, 0.3) is 0 Å². The van der Waals surface area contributed by atoms with Crippen LogP contribution in [-0.2, 0) is 4.79 Å². The minimum atomic E-state index is 0. The van der Waals surface area contributed by atoms with E-state index in [-0.39, 0.29) is 24.8 Å². The molecule has 1 N–H and O–H groups in total. The zero-order valence-corrected chi connectivity index (χ0v) is 5.53. The summed E-state index contributed by atoms with van der Waals surface area (Å²) in [6.07, 6.45) is 1.60. The molecule has 3 heteroatoms. The Morgan fingerprint density at radius 2 is 2.00 bits per heavy atom. The third kappa shape index (κ3) is 8.07. The molecule has 2 nitrogen and oxygen atoms in total. The molecular formula is C6H14LiNO. The SMILES string of the molecule is CCCC(=O)NCC.[LiH]. The van der Waals surface area contributed by atoms with Gasteiger partial charge in [0.1, 0.15) is 0 Å². The summed E-state index contributed by atoms with van der Waals surface area (Å²) in [6.45, 7) is 4.67. The number of hydrogen-bond donors (Lipinski definition) is 1. The number of hydrogen-bond acceptors (Lipinski definition) is 1. The molecule has 0 radical (unpaired) electrons. The number of carbonyl (C=O) groups excluding carboxylic acids is 1. The monoisotopic (exact) mass is 123 g/mol. The zero-order chi connectivity index (χ0) is 6.41. The summed E-state index contributed by atoms with van der Waals surface area (Å²) in [5, 5.41) is 2.71. The molecule has 0 rings (SSSR count). The van der Waals surface area contributed by atoms with E-state index in [4.69, 9.17) is 0 Å². The molecule has 0 aromatic rings. The van der Waals surface area contributed by atoms with Crippen molar-refractivity contribution in [3.05, 3.63) is 0 Å². The van der Waals surface area contributed by atoms with Crippen molar-refractivity contribution in [3.63, 3.8) is 0 Å². The molecule has 0 saturated carbocycles. The van der Waals surface area contributed by atoms with Crippen molar-refractivity contribution in [1.29, 1.82) is 0 Å². The Kier molecular flexibility index (Phi) is 10.6. The van der Waals surface area contributed by atoms with Gasteiger partial charge in [0.05, 0.1) is 0 Å². The Morgan fingerprint density at radius 3 is 2.33 bits per heavy atom. The van der Waals surface area contributed by atoms with Crippen LogP contribution in [0.2, 0.25) is 0 Å². The van der Waals surface area contributed by atoms with Crippen LogP contribution in [0.1, 0.15) is 26.7 Å². The third-order valence-electron chi connectivity index (χ3n) is 0.851. The molecule has 0 spiro atoms. The summed E-state index contributed by atoms with van der Waals surface area (Å²) in [6, 6.07) is 0. The molecule has 0 unspecified atom stereocenters. The first-order valence-electron chi connectivity index (χ1n) is 3.08. The first-order chi connectivity index (χ1) is 3.81. The van der Waals surface area contributed by atoms with Gasteiger partial charge in [0.15, 0.2) is 0 Å². The third-order valence-corrected chi connectivity index (χ3v) is 0.851. The molecule has 0 bridgehead atoms. The summed E-state index contributed by atoms with van der Waals surface area (Å²) >= 11 is 0. The number of nitrogens with one attached hydrogen (secondary N) is 1. The van der Waals surface area contributed by atoms with E-state index >= 15 is 0 Å². The van der Waals surface area contributed by atoms with Crippen LogP contribution < -0.4 is 5.32 Å².